The van der Waals surface area contributed by atoms with Gasteiger partial charge in [-0.05, 0) is 72.9 Å². The second kappa shape index (κ2) is 11.5. The Balaban J connectivity index is 1.51. The first kappa shape index (κ1) is 25.5. The Morgan fingerprint density at radius 2 is 1.86 bits per heavy atom. The Hall–Kier alpha value is -3.55. The average Bonchev–Trinajstić information content (AvgIpc) is 2.98. The molecule has 3 aromatic rings. The fraction of sp³-hybridized carbons (Fsp3) is 0.286. The zero-order valence-corrected chi connectivity index (χ0v) is 21.1. The van der Waals surface area contributed by atoms with Crippen molar-refractivity contribution >= 4 is 34.9 Å². The number of benzene rings is 2. The lowest BCUT2D eigenvalue weighted by Gasteiger charge is -2.27. The molecule has 1 aromatic heterocycles. The van der Waals surface area contributed by atoms with E-state index in [0.29, 0.717) is 35.8 Å². The van der Waals surface area contributed by atoms with E-state index in [0.717, 1.165) is 22.3 Å². The van der Waals surface area contributed by atoms with E-state index in [1.165, 1.54) is 0 Å². The summed E-state index contributed by atoms with van der Waals surface area (Å²) < 4.78 is 0. The molecule has 0 spiro atoms. The fourth-order valence-electron chi connectivity index (χ4n) is 4.37. The largest absolute Gasteiger partial charge is 0.356 e. The Labute approximate surface area is 215 Å². The number of anilines is 1. The Morgan fingerprint density at radius 3 is 2.64 bits per heavy atom. The van der Waals surface area contributed by atoms with E-state index >= 15 is 0 Å². The number of nitrogens with zero attached hydrogens (tertiary/aromatic N) is 2. The van der Waals surface area contributed by atoms with Crippen molar-refractivity contribution < 1.29 is 14.4 Å². The van der Waals surface area contributed by atoms with Crippen LogP contribution in [-0.2, 0) is 22.6 Å². The molecule has 4 rings (SSSR count). The van der Waals surface area contributed by atoms with E-state index in [4.69, 9.17) is 11.6 Å². The van der Waals surface area contributed by atoms with Crippen LogP contribution in [0.5, 0.6) is 0 Å². The first-order chi connectivity index (χ1) is 17.3. The molecule has 2 amide bonds. The van der Waals surface area contributed by atoms with Crippen LogP contribution in [0.1, 0.15) is 39.0 Å². The molecule has 0 aliphatic carbocycles. The minimum atomic E-state index is -0.795. The number of pyridine rings is 1. The maximum absolute atomic E-state index is 13.4. The smallest absolute Gasteiger partial charge is 0.242 e. The van der Waals surface area contributed by atoms with Crippen molar-refractivity contribution in [2.24, 2.45) is 0 Å². The number of amides is 2. The summed E-state index contributed by atoms with van der Waals surface area (Å²) in [5, 5.41) is 6.44. The number of fused-ring (bicyclic) bond motifs is 1. The summed E-state index contributed by atoms with van der Waals surface area (Å²) in [5.74, 6) is -0.672. The minimum absolute atomic E-state index is 0.00136. The molecule has 1 atom stereocenters. The summed E-state index contributed by atoms with van der Waals surface area (Å²) >= 11 is 6.22. The average molecular weight is 505 g/mol. The highest BCUT2D eigenvalue weighted by molar-refractivity contribution is 6.31. The SMILES string of the molecule is Cc1cc(C(=O)CN2Cc3ccccc3NC(=O)C2CC(=O)NCCc2ccncc2)c(C)cc1Cl. The lowest BCUT2D eigenvalue weighted by Crippen LogP contribution is -2.47. The van der Waals surface area contributed by atoms with Crippen LogP contribution < -0.4 is 10.6 Å². The number of nitrogens with one attached hydrogen (secondary N) is 2. The standard InChI is InChI=1S/C28H29ClN4O3/c1-18-14-23(29)19(2)13-22(18)26(34)17-33-16-21-5-3-4-6-24(21)32-28(36)25(33)15-27(35)31-12-9-20-7-10-30-11-8-20/h3-8,10-11,13-14,25H,9,12,15-17H2,1-2H3,(H,31,35)(H,32,36). The topological polar surface area (TPSA) is 91.4 Å². The number of ketones is 1. The zero-order valence-electron chi connectivity index (χ0n) is 20.4. The van der Waals surface area contributed by atoms with Gasteiger partial charge in [0.1, 0.15) is 0 Å². The van der Waals surface area contributed by atoms with Crippen molar-refractivity contribution in [2.45, 2.75) is 39.3 Å². The molecule has 0 radical (unpaired) electrons. The highest BCUT2D eigenvalue weighted by Crippen LogP contribution is 2.26. The molecule has 186 valence electrons. The third kappa shape index (κ3) is 6.17. The summed E-state index contributed by atoms with van der Waals surface area (Å²) in [7, 11) is 0. The summed E-state index contributed by atoms with van der Waals surface area (Å²) in [6.07, 6.45) is 4.03. The quantitative estimate of drug-likeness (QED) is 0.450. The molecule has 2 aromatic carbocycles. The van der Waals surface area contributed by atoms with Crippen LogP contribution in [-0.4, -0.2) is 46.6 Å². The van der Waals surface area contributed by atoms with Crippen molar-refractivity contribution in [3.05, 3.63) is 93.8 Å². The van der Waals surface area contributed by atoms with Gasteiger partial charge in [-0.3, -0.25) is 24.3 Å². The maximum Gasteiger partial charge on any atom is 0.242 e. The van der Waals surface area contributed by atoms with E-state index in [2.05, 4.69) is 15.6 Å². The van der Waals surface area contributed by atoms with Crippen molar-refractivity contribution in [2.75, 3.05) is 18.4 Å². The summed E-state index contributed by atoms with van der Waals surface area (Å²) in [6, 6.07) is 14.1. The van der Waals surface area contributed by atoms with Gasteiger partial charge in [0.15, 0.2) is 5.78 Å². The summed E-state index contributed by atoms with van der Waals surface area (Å²) in [5.41, 5.74) is 4.81. The van der Waals surface area contributed by atoms with Gasteiger partial charge in [0, 0.05) is 41.8 Å². The number of aryl methyl sites for hydroxylation is 2. The van der Waals surface area contributed by atoms with Gasteiger partial charge in [0.25, 0.3) is 0 Å². The third-order valence-corrected chi connectivity index (χ3v) is 6.82. The second-order valence-corrected chi connectivity index (χ2v) is 9.47. The minimum Gasteiger partial charge on any atom is -0.356 e. The number of carbonyl (C=O) groups excluding carboxylic acids is 3. The van der Waals surface area contributed by atoms with Crippen LogP contribution in [0.3, 0.4) is 0 Å². The van der Waals surface area contributed by atoms with Crippen LogP contribution in [0.15, 0.2) is 60.9 Å². The number of carbonyl (C=O) groups is 3. The number of hydrogen-bond donors (Lipinski definition) is 2. The molecular weight excluding hydrogens is 476 g/mol. The van der Waals surface area contributed by atoms with Gasteiger partial charge in [-0.15, -0.1) is 0 Å². The predicted octanol–water partition coefficient (Wildman–Crippen LogP) is 4.11. The molecule has 0 saturated carbocycles. The van der Waals surface area contributed by atoms with Crippen molar-refractivity contribution in [1.29, 1.82) is 0 Å². The lowest BCUT2D eigenvalue weighted by molar-refractivity contribution is -0.128. The van der Waals surface area contributed by atoms with Gasteiger partial charge >= 0.3 is 0 Å². The predicted molar refractivity (Wildman–Crippen MR) is 140 cm³/mol. The van der Waals surface area contributed by atoms with Gasteiger partial charge in [-0.2, -0.15) is 0 Å². The van der Waals surface area contributed by atoms with Crippen LogP contribution in [0, 0.1) is 13.8 Å². The molecule has 1 aliphatic heterocycles. The highest BCUT2D eigenvalue weighted by atomic mass is 35.5. The van der Waals surface area contributed by atoms with E-state index < -0.39 is 6.04 Å². The van der Waals surface area contributed by atoms with Crippen molar-refractivity contribution in [3.63, 3.8) is 0 Å². The summed E-state index contributed by atoms with van der Waals surface area (Å²) in [6.45, 7) is 4.50. The molecule has 1 unspecified atom stereocenters. The molecule has 36 heavy (non-hydrogen) atoms. The molecule has 2 N–H and O–H groups in total. The maximum atomic E-state index is 13.4. The van der Waals surface area contributed by atoms with Crippen LogP contribution in [0.4, 0.5) is 5.69 Å². The van der Waals surface area contributed by atoms with E-state index in [-0.39, 0.29) is 30.6 Å². The first-order valence-electron chi connectivity index (χ1n) is 11.9. The number of Topliss-reactive ketones (excluding diaryl/α,β-unsaturated/α-hetero) is 1. The number of hydrogen-bond acceptors (Lipinski definition) is 5. The molecule has 7 nitrogen and oxygen atoms in total. The third-order valence-electron chi connectivity index (χ3n) is 6.41. The molecule has 0 fully saturated rings. The van der Waals surface area contributed by atoms with Crippen molar-refractivity contribution in [1.82, 2.24) is 15.2 Å². The first-order valence-corrected chi connectivity index (χ1v) is 12.3. The van der Waals surface area contributed by atoms with Gasteiger partial charge in [0.05, 0.1) is 19.0 Å². The fourth-order valence-corrected chi connectivity index (χ4v) is 4.59. The van der Waals surface area contributed by atoms with E-state index in [9.17, 15) is 14.4 Å². The van der Waals surface area contributed by atoms with Crippen LogP contribution in [0.2, 0.25) is 5.02 Å². The van der Waals surface area contributed by atoms with Gasteiger partial charge < -0.3 is 10.6 Å². The summed E-state index contributed by atoms with van der Waals surface area (Å²) in [4.78, 5) is 45.2. The lowest BCUT2D eigenvalue weighted by atomic mass is 10.0. The van der Waals surface area contributed by atoms with Crippen molar-refractivity contribution in [3.8, 4) is 0 Å². The Morgan fingerprint density at radius 1 is 1.11 bits per heavy atom. The molecule has 8 heteroatoms. The number of rotatable bonds is 8. The molecule has 0 saturated heterocycles. The van der Waals surface area contributed by atoms with Crippen LogP contribution >= 0.6 is 11.6 Å². The number of para-hydroxylation sites is 1. The molecule has 2 heterocycles. The zero-order chi connectivity index (χ0) is 25.7. The molecule has 1 aliphatic rings. The number of halogens is 1. The Kier molecular flexibility index (Phi) is 8.13. The Bertz CT molecular complexity index is 1280. The van der Waals surface area contributed by atoms with E-state index in [1.54, 1.807) is 29.4 Å². The molecule has 0 bridgehead atoms. The van der Waals surface area contributed by atoms with Gasteiger partial charge in [0.2, 0.25) is 11.8 Å². The highest BCUT2D eigenvalue weighted by Gasteiger charge is 2.33. The number of aromatic nitrogens is 1. The monoisotopic (exact) mass is 504 g/mol. The van der Waals surface area contributed by atoms with Crippen LogP contribution in [0.25, 0.3) is 0 Å². The van der Waals surface area contributed by atoms with E-state index in [1.807, 2.05) is 50.2 Å². The van der Waals surface area contributed by atoms with Gasteiger partial charge in [-0.25, -0.2) is 0 Å². The normalized spacial score (nSPS) is 15.5. The second-order valence-electron chi connectivity index (χ2n) is 9.07. The molecular formula is C28H29ClN4O3. The van der Waals surface area contributed by atoms with Gasteiger partial charge in [-0.1, -0.05) is 29.8 Å².